The standard InChI is InChI=1S/C22H18N4O4S2/c23-13-16-3-1-2-4-17(16)14-30-26-20(21(27)25-22-24-11-12-31-22)15-5-7-18(8-6-15)32(28,29)19-9-10-19/h1-8,11-12,19H,9-10,14H2,(H,24,25,27). The van der Waals surface area contributed by atoms with E-state index in [4.69, 9.17) is 4.84 Å². The third-order valence-electron chi connectivity index (χ3n) is 4.80. The van der Waals surface area contributed by atoms with E-state index in [9.17, 15) is 18.5 Å². The minimum atomic E-state index is -3.34. The van der Waals surface area contributed by atoms with Gasteiger partial charge in [-0.25, -0.2) is 13.4 Å². The third kappa shape index (κ3) is 4.85. The molecule has 1 saturated carbocycles. The summed E-state index contributed by atoms with van der Waals surface area (Å²) in [6.45, 7) is -0.00803. The van der Waals surface area contributed by atoms with E-state index in [-0.39, 0.29) is 22.5 Å². The number of aromatic nitrogens is 1. The first-order chi connectivity index (χ1) is 15.5. The lowest BCUT2D eigenvalue weighted by Crippen LogP contribution is -2.24. The molecule has 0 unspecified atom stereocenters. The van der Waals surface area contributed by atoms with E-state index in [1.54, 1.807) is 35.8 Å². The lowest BCUT2D eigenvalue weighted by atomic mass is 10.1. The van der Waals surface area contributed by atoms with E-state index in [0.29, 0.717) is 34.7 Å². The Labute approximate surface area is 189 Å². The van der Waals surface area contributed by atoms with Gasteiger partial charge in [-0.3, -0.25) is 10.1 Å². The molecule has 0 atom stereocenters. The first kappa shape index (κ1) is 21.7. The summed E-state index contributed by atoms with van der Waals surface area (Å²) in [5, 5.41) is 17.7. The number of nitrogens with one attached hydrogen (secondary N) is 1. The maximum Gasteiger partial charge on any atom is 0.280 e. The van der Waals surface area contributed by atoms with E-state index in [1.165, 1.54) is 35.6 Å². The van der Waals surface area contributed by atoms with Crippen LogP contribution >= 0.6 is 11.3 Å². The van der Waals surface area contributed by atoms with Gasteiger partial charge in [0.1, 0.15) is 6.61 Å². The Morgan fingerprint density at radius 2 is 1.97 bits per heavy atom. The average molecular weight is 467 g/mol. The van der Waals surface area contributed by atoms with Crippen LogP contribution in [0.4, 0.5) is 5.13 Å². The second-order valence-electron chi connectivity index (χ2n) is 7.04. The second kappa shape index (κ2) is 9.30. The number of nitriles is 1. The molecule has 1 heterocycles. The van der Waals surface area contributed by atoms with Crippen molar-refractivity contribution in [1.82, 2.24) is 4.98 Å². The van der Waals surface area contributed by atoms with Crippen LogP contribution in [0.25, 0.3) is 0 Å². The molecular formula is C22H18N4O4S2. The normalized spacial score (nSPS) is 13.9. The van der Waals surface area contributed by atoms with Crippen molar-refractivity contribution in [1.29, 1.82) is 5.26 Å². The Morgan fingerprint density at radius 3 is 2.62 bits per heavy atom. The zero-order chi connectivity index (χ0) is 22.6. The molecule has 4 rings (SSSR count). The van der Waals surface area contributed by atoms with Gasteiger partial charge in [0.2, 0.25) is 0 Å². The van der Waals surface area contributed by atoms with Gasteiger partial charge in [-0.15, -0.1) is 11.3 Å². The minimum Gasteiger partial charge on any atom is -0.390 e. The zero-order valence-electron chi connectivity index (χ0n) is 16.8. The lowest BCUT2D eigenvalue weighted by molar-refractivity contribution is -0.110. The van der Waals surface area contributed by atoms with Crippen LogP contribution in [0.5, 0.6) is 0 Å². The Morgan fingerprint density at radius 1 is 1.22 bits per heavy atom. The molecule has 162 valence electrons. The molecule has 1 aliphatic rings. The quantitative estimate of drug-likeness (QED) is 0.400. The van der Waals surface area contributed by atoms with Crippen LogP contribution < -0.4 is 5.32 Å². The summed E-state index contributed by atoms with van der Waals surface area (Å²) in [5.41, 5.74) is 1.43. The molecule has 0 aliphatic heterocycles. The van der Waals surface area contributed by atoms with E-state index in [2.05, 4.69) is 21.5 Å². The van der Waals surface area contributed by atoms with E-state index in [0.717, 1.165) is 0 Å². The van der Waals surface area contributed by atoms with Crippen LogP contribution in [0.1, 0.15) is 29.5 Å². The molecule has 0 spiro atoms. The number of rotatable bonds is 8. The highest BCUT2D eigenvalue weighted by atomic mass is 32.2. The number of benzene rings is 2. The van der Waals surface area contributed by atoms with Gasteiger partial charge >= 0.3 is 0 Å². The number of amides is 1. The Balaban J connectivity index is 1.59. The summed E-state index contributed by atoms with van der Waals surface area (Å²) >= 11 is 1.25. The number of hydrogen-bond donors (Lipinski definition) is 1. The second-order valence-corrected chi connectivity index (χ2v) is 10.2. The molecule has 8 nitrogen and oxygen atoms in total. The first-order valence-electron chi connectivity index (χ1n) is 9.72. The molecule has 10 heteroatoms. The predicted octanol–water partition coefficient (Wildman–Crippen LogP) is 3.51. The number of carbonyl (C=O) groups is 1. The highest BCUT2D eigenvalue weighted by Gasteiger charge is 2.36. The van der Waals surface area contributed by atoms with Gasteiger partial charge < -0.3 is 4.84 Å². The topological polar surface area (TPSA) is 122 Å². The predicted molar refractivity (Wildman–Crippen MR) is 120 cm³/mol. The molecular weight excluding hydrogens is 448 g/mol. The highest BCUT2D eigenvalue weighted by molar-refractivity contribution is 7.92. The van der Waals surface area contributed by atoms with Crippen LogP contribution in [0, 0.1) is 11.3 Å². The number of sulfone groups is 1. The van der Waals surface area contributed by atoms with Crippen molar-refractivity contribution < 1.29 is 18.0 Å². The minimum absolute atomic E-state index is 0.00803. The molecule has 1 N–H and O–H groups in total. The number of hydrogen-bond acceptors (Lipinski definition) is 8. The fourth-order valence-electron chi connectivity index (χ4n) is 2.96. The van der Waals surface area contributed by atoms with Gasteiger partial charge in [0.15, 0.2) is 20.7 Å². The fraction of sp³-hybridized carbons (Fsp3) is 0.182. The van der Waals surface area contributed by atoms with Crippen molar-refractivity contribution in [2.75, 3.05) is 5.32 Å². The number of carbonyl (C=O) groups excluding carboxylic acids is 1. The lowest BCUT2D eigenvalue weighted by Gasteiger charge is -2.09. The average Bonchev–Trinajstić information content (AvgIpc) is 3.56. The zero-order valence-corrected chi connectivity index (χ0v) is 18.4. The Kier molecular flexibility index (Phi) is 6.30. The third-order valence-corrected chi connectivity index (χ3v) is 7.77. The maximum absolute atomic E-state index is 12.9. The summed E-state index contributed by atoms with van der Waals surface area (Å²) in [4.78, 5) is 22.5. The molecule has 1 aromatic heterocycles. The van der Waals surface area contributed by atoms with E-state index in [1.807, 2.05) is 0 Å². The molecule has 1 aliphatic carbocycles. The first-order valence-corrected chi connectivity index (χ1v) is 12.1. The van der Waals surface area contributed by atoms with Gasteiger partial charge in [-0.05, 0) is 31.0 Å². The number of anilines is 1. The van der Waals surface area contributed by atoms with Crippen LogP contribution in [0.15, 0.2) is 70.2 Å². The maximum atomic E-state index is 12.9. The Bertz CT molecular complexity index is 1290. The highest BCUT2D eigenvalue weighted by Crippen LogP contribution is 2.33. The van der Waals surface area contributed by atoms with Gasteiger partial charge in [0.25, 0.3) is 5.91 Å². The van der Waals surface area contributed by atoms with Gasteiger partial charge in [0, 0.05) is 22.7 Å². The molecule has 3 aromatic rings. The van der Waals surface area contributed by atoms with Crippen LogP contribution in [0.3, 0.4) is 0 Å². The molecule has 0 bridgehead atoms. The fourth-order valence-corrected chi connectivity index (χ4v) is 5.14. The van der Waals surface area contributed by atoms with Gasteiger partial charge in [-0.1, -0.05) is 35.5 Å². The molecule has 2 aromatic carbocycles. The van der Waals surface area contributed by atoms with Crippen LogP contribution in [-0.2, 0) is 26.1 Å². The SMILES string of the molecule is N#Cc1ccccc1CON=C(C(=O)Nc1nccs1)c1ccc(S(=O)(=O)C2CC2)cc1. The number of oxime groups is 1. The molecule has 1 amide bonds. The summed E-state index contributed by atoms with van der Waals surface area (Å²) in [5.74, 6) is -0.550. The summed E-state index contributed by atoms with van der Waals surface area (Å²) in [7, 11) is -3.34. The smallest absolute Gasteiger partial charge is 0.280 e. The van der Waals surface area contributed by atoms with E-state index >= 15 is 0 Å². The molecule has 32 heavy (non-hydrogen) atoms. The van der Waals surface area contributed by atoms with E-state index < -0.39 is 15.7 Å². The summed E-state index contributed by atoms with van der Waals surface area (Å²) < 4.78 is 24.9. The van der Waals surface area contributed by atoms with Crippen LogP contribution in [-0.4, -0.2) is 30.3 Å². The van der Waals surface area contributed by atoms with Crippen molar-refractivity contribution >= 4 is 37.9 Å². The summed E-state index contributed by atoms with van der Waals surface area (Å²) in [6, 6.07) is 15.0. The van der Waals surface area contributed by atoms with Crippen molar-refractivity contribution in [3.05, 3.63) is 76.8 Å². The van der Waals surface area contributed by atoms with Crippen molar-refractivity contribution in [3.8, 4) is 6.07 Å². The van der Waals surface area contributed by atoms with Crippen LogP contribution in [0.2, 0.25) is 0 Å². The number of nitrogens with zero attached hydrogens (tertiary/aromatic N) is 3. The van der Waals surface area contributed by atoms with Crippen molar-refractivity contribution in [3.63, 3.8) is 0 Å². The molecule has 1 fully saturated rings. The van der Waals surface area contributed by atoms with Gasteiger partial charge in [-0.2, -0.15) is 5.26 Å². The largest absolute Gasteiger partial charge is 0.390 e. The number of thiazole rings is 1. The summed E-state index contributed by atoms with van der Waals surface area (Å²) in [6.07, 6.45) is 2.90. The molecule has 0 radical (unpaired) electrons. The monoisotopic (exact) mass is 466 g/mol. The van der Waals surface area contributed by atoms with Gasteiger partial charge in [0.05, 0.1) is 21.8 Å². The Hall–Kier alpha value is -3.55. The van der Waals surface area contributed by atoms with Crippen molar-refractivity contribution in [2.24, 2.45) is 5.16 Å². The van der Waals surface area contributed by atoms with Crippen molar-refractivity contribution in [2.45, 2.75) is 29.6 Å². The molecule has 0 saturated heterocycles.